The molecule has 2 aromatic rings. The number of hydrogen-bond acceptors (Lipinski definition) is 4. The van der Waals surface area contributed by atoms with E-state index >= 15 is 0 Å². The van der Waals surface area contributed by atoms with Gasteiger partial charge in [-0.3, -0.25) is 0 Å². The Morgan fingerprint density at radius 2 is 2.28 bits per heavy atom. The Kier molecular flexibility index (Phi) is 3.90. The molecule has 0 amide bonds. The van der Waals surface area contributed by atoms with Crippen molar-refractivity contribution in [1.29, 1.82) is 0 Å². The Labute approximate surface area is 118 Å². The summed E-state index contributed by atoms with van der Waals surface area (Å²) in [7, 11) is -1.78. The average Bonchev–Trinajstić information content (AvgIpc) is 2.84. The molecular weight excluding hydrogens is 338 g/mol. The summed E-state index contributed by atoms with van der Waals surface area (Å²) in [5, 5.41) is 1.97. The molecule has 98 valence electrons. The number of nitrogens with one attached hydrogen (secondary N) is 1. The molecule has 0 atom stereocenters. The van der Waals surface area contributed by atoms with Crippen LogP contribution in [-0.2, 0) is 23.6 Å². The second-order valence-electron chi connectivity index (χ2n) is 3.79. The van der Waals surface area contributed by atoms with Gasteiger partial charge in [-0.1, -0.05) is 0 Å². The van der Waals surface area contributed by atoms with E-state index in [0.717, 1.165) is 9.35 Å². The molecule has 0 unspecified atom stereocenters. The minimum absolute atomic E-state index is 0.0538. The molecule has 0 radical (unpaired) electrons. The van der Waals surface area contributed by atoms with Gasteiger partial charge in [-0.2, -0.15) is 0 Å². The van der Waals surface area contributed by atoms with Crippen molar-refractivity contribution >= 4 is 37.3 Å². The highest BCUT2D eigenvalue weighted by Crippen LogP contribution is 2.20. The summed E-state index contributed by atoms with van der Waals surface area (Å²) >= 11 is 4.82. The van der Waals surface area contributed by atoms with Crippen molar-refractivity contribution in [2.24, 2.45) is 7.05 Å². The minimum Gasteiger partial charge on any atom is -0.337 e. The molecule has 1 N–H and O–H groups in total. The van der Waals surface area contributed by atoms with Gasteiger partial charge in [0.2, 0.25) is 0 Å². The molecule has 2 heterocycles. The third kappa shape index (κ3) is 3.00. The Morgan fingerprint density at radius 1 is 1.56 bits per heavy atom. The van der Waals surface area contributed by atoms with Crippen molar-refractivity contribution in [3.8, 4) is 0 Å². The van der Waals surface area contributed by atoms with Crippen LogP contribution >= 0.6 is 27.3 Å². The predicted molar refractivity (Wildman–Crippen MR) is 74.0 cm³/mol. The van der Waals surface area contributed by atoms with Crippen LogP contribution in [0, 0.1) is 6.92 Å². The second kappa shape index (κ2) is 5.12. The van der Waals surface area contributed by atoms with Crippen molar-refractivity contribution in [2.45, 2.75) is 18.5 Å². The molecule has 0 aliphatic carbocycles. The van der Waals surface area contributed by atoms with Crippen molar-refractivity contribution < 1.29 is 8.42 Å². The predicted octanol–water partition coefficient (Wildman–Crippen LogP) is 2.03. The highest BCUT2D eigenvalue weighted by Gasteiger charge is 2.18. The van der Waals surface area contributed by atoms with Crippen molar-refractivity contribution in [2.75, 3.05) is 0 Å². The fraction of sp³-hybridized carbons (Fsp3) is 0.300. The maximum Gasteiger partial charge on any atom is 0.259 e. The van der Waals surface area contributed by atoms with Gasteiger partial charge in [0.25, 0.3) is 10.0 Å². The van der Waals surface area contributed by atoms with Crippen LogP contribution in [0.2, 0.25) is 0 Å². The third-order valence-electron chi connectivity index (χ3n) is 2.42. The summed E-state index contributed by atoms with van der Waals surface area (Å²) in [6.45, 7) is 2.03. The van der Waals surface area contributed by atoms with E-state index in [1.807, 2.05) is 11.4 Å². The zero-order valence-corrected chi connectivity index (χ0v) is 13.1. The highest BCUT2D eigenvalue weighted by atomic mass is 79.9. The number of nitrogens with zero attached hydrogens (tertiary/aromatic N) is 2. The number of halogens is 1. The van der Waals surface area contributed by atoms with E-state index in [4.69, 9.17) is 0 Å². The van der Waals surface area contributed by atoms with Gasteiger partial charge in [-0.15, -0.1) is 11.3 Å². The molecule has 0 aromatic carbocycles. The van der Waals surface area contributed by atoms with Crippen molar-refractivity contribution in [3.63, 3.8) is 0 Å². The molecule has 5 nitrogen and oxygen atoms in total. The van der Waals surface area contributed by atoms with Gasteiger partial charge in [0, 0.05) is 34.5 Å². The standard InChI is InChI=1S/C10H12BrN3O2S2/c1-7-13-10(5-14(7)2)18(15,16)12-4-9-3-8(11)6-17-9/h3,5-6,12H,4H2,1-2H3. The number of aromatic nitrogens is 2. The summed E-state index contributed by atoms with van der Waals surface area (Å²) in [5.41, 5.74) is 0. The first-order chi connectivity index (χ1) is 8.38. The van der Waals surface area contributed by atoms with Crippen LogP contribution in [0.5, 0.6) is 0 Å². The zero-order valence-electron chi connectivity index (χ0n) is 9.84. The van der Waals surface area contributed by atoms with Gasteiger partial charge in [-0.25, -0.2) is 18.1 Å². The van der Waals surface area contributed by atoms with Crippen LogP contribution in [-0.4, -0.2) is 18.0 Å². The number of sulfonamides is 1. The third-order valence-corrected chi connectivity index (χ3v) is 5.39. The van der Waals surface area contributed by atoms with Crippen LogP contribution in [0.3, 0.4) is 0 Å². The second-order valence-corrected chi connectivity index (χ2v) is 7.42. The smallest absolute Gasteiger partial charge is 0.259 e. The topological polar surface area (TPSA) is 64.0 Å². The van der Waals surface area contributed by atoms with Gasteiger partial charge < -0.3 is 4.57 Å². The lowest BCUT2D eigenvalue weighted by atomic mass is 10.5. The fourth-order valence-corrected chi connectivity index (χ4v) is 3.87. The van der Waals surface area contributed by atoms with Gasteiger partial charge in [0.15, 0.2) is 5.03 Å². The SMILES string of the molecule is Cc1nc(S(=O)(=O)NCc2cc(Br)cs2)cn1C. The highest BCUT2D eigenvalue weighted by molar-refractivity contribution is 9.10. The van der Waals surface area contributed by atoms with Gasteiger partial charge in [-0.05, 0) is 28.9 Å². The summed E-state index contributed by atoms with van der Waals surface area (Å²) in [4.78, 5) is 4.95. The Balaban J connectivity index is 2.12. The summed E-state index contributed by atoms with van der Waals surface area (Å²) in [6.07, 6.45) is 1.50. The quantitative estimate of drug-likeness (QED) is 0.918. The Morgan fingerprint density at radius 3 is 2.78 bits per heavy atom. The molecule has 0 aliphatic heterocycles. The summed E-state index contributed by atoms with van der Waals surface area (Å²) in [5.74, 6) is 0.661. The Bertz CT molecular complexity index is 641. The first-order valence-electron chi connectivity index (χ1n) is 5.11. The molecule has 2 aromatic heterocycles. The van der Waals surface area contributed by atoms with Gasteiger partial charge in [0.05, 0.1) is 0 Å². The maximum absolute atomic E-state index is 12.0. The average molecular weight is 350 g/mol. The van der Waals surface area contributed by atoms with Crippen molar-refractivity contribution in [3.05, 3.63) is 32.8 Å². The molecule has 0 fully saturated rings. The van der Waals surface area contributed by atoms with Crippen LogP contribution in [0.4, 0.5) is 0 Å². The largest absolute Gasteiger partial charge is 0.337 e. The molecule has 2 rings (SSSR count). The van der Waals surface area contributed by atoms with E-state index < -0.39 is 10.0 Å². The van der Waals surface area contributed by atoms with Crippen LogP contribution in [0.1, 0.15) is 10.7 Å². The number of thiophene rings is 1. The van der Waals surface area contributed by atoms with Crippen molar-refractivity contribution in [1.82, 2.24) is 14.3 Å². The van der Waals surface area contributed by atoms with E-state index in [2.05, 4.69) is 25.6 Å². The minimum atomic E-state index is -3.54. The summed E-state index contributed by atoms with van der Waals surface area (Å²) < 4.78 is 29.1. The molecular formula is C10H12BrN3O2S2. The molecule has 18 heavy (non-hydrogen) atoms. The maximum atomic E-state index is 12.0. The molecule has 0 saturated carbocycles. The molecule has 0 bridgehead atoms. The lowest BCUT2D eigenvalue weighted by molar-refractivity contribution is 0.578. The summed E-state index contributed by atoms with van der Waals surface area (Å²) in [6, 6.07) is 1.89. The van der Waals surface area contributed by atoms with Gasteiger partial charge >= 0.3 is 0 Å². The molecule has 8 heteroatoms. The van der Waals surface area contributed by atoms with Gasteiger partial charge in [0.1, 0.15) is 5.82 Å². The molecule has 0 spiro atoms. The van der Waals surface area contributed by atoms with E-state index in [1.165, 1.54) is 17.5 Å². The lowest BCUT2D eigenvalue weighted by Crippen LogP contribution is -2.23. The van der Waals surface area contributed by atoms with Crippen LogP contribution in [0.25, 0.3) is 0 Å². The zero-order chi connectivity index (χ0) is 13.3. The monoisotopic (exact) mass is 349 g/mol. The fourth-order valence-electron chi connectivity index (χ4n) is 1.34. The van der Waals surface area contributed by atoms with E-state index in [1.54, 1.807) is 18.5 Å². The number of rotatable bonds is 4. The first-order valence-corrected chi connectivity index (χ1v) is 8.26. The van der Waals surface area contributed by atoms with Crippen LogP contribution in [0.15, 0.2) is 27.1 Å². The lowest BCUT2D eigenvalue weighted by Gasteiger charge is -2.01. The first kappa shape index (κ1) is 13.7. The normalized spacial score (nSPS) is 11.9. The Hall–Kier alpha value is -0.700. The van der Waals surface area contributed by atoms with E-state index in [9.17, 15) is 8.42 Å². The number of imidazole rings is 1. The molecule has 0 aliphatic rings. The van der Waals surface area contributed by atoms with E-state index in [0.29, 0.717) is 5.82 Å². The molecule has 0 saturated heterocycles. The van der Waals surface area contributed by atoms with Crippen LogP contribution < -0.4 is 4.72 Å². The number of aryl methyl sites for hydroxylation is 2. The number of hydrogen-bond donors (Lipinski definition) is 1. The van der Waals surface area contributed by atoms with E-state index in [-0.39, 0.29) is 11.6 Å².